The minimum Gasteiger partial charge on any atom is -0.340 e. The maximum atomic E-state index is 13.5. The predicted octanol–water partition coefficient (Wildman–Crippen LogP) is 2.74. The van der Waals surface area contributed by atoms with Gasteiger partial charge in [0.25, 0.3) is 5.91 Å². The second kappa shape index (κ2) is 8.09. The van der Waals surface area contributed by atoms with Crippen LogP contribution in [-0.4, -0.2) is 66.7 Å². The van der Waals surface area contributed by atoms with Gasteiger partial charge in [0.2, 0.25) is 5.91 Å². The van der Waals surface area contributed by atoms with Crippen molar-refractivity contribution < 1.29 is 18.0 Å². The molecule has 0 radical (unpaired) electrons. The highest BCUT2D eigenvalue weighted by Gasteiger charge is 2.49. The number of piperidine rings is 1. The third kappa shape index (κ3) is 3.93. The summed E-state index contributed by atoms with van der Waals surface area (Å²) in [6.45, 7) is 7.19. The van der Waals surface area contributed by atoms with Crippen LogP contribution in [0.3, 0.4) is 0 Å². The van der Waals surface area contributed by atoms with Crippen LogP contribution in [0.4, 0.5) is 0 Å². The van der Waals surface area contributed by atoms with E-state index in [4.69, 9.17) is 0 Å². The van der Waals surface area contributed by atoms with Gasteiger partial charge in [-0.1, -0.05) is 32.0 Å². The Labute approximate surface area is 174 Å². The molecule has 3 rings (SSSR count). The Kier molecular flexibility index (Phi) is 6.08. The summed E-state index contributed by atoms with van der Waals surface area (Å²) >= 11 is 0. The predicted molar refractivity (Wildman–Crippen MR) is 113 cm³/mol. The summed E-state index contributed by atoms with van der Waals surface area (Å²) in [7, 11) is -3.22. The number of carbonyl (C=O) groups excluding carboxylic acids is 2. The van der Waals surface area contributed by atoms with Gasteiger partial charge in [-0.25, -0.2) is 8.42 Å². The number of likely N-dealkylation sites (tertiary alicyclic amines) is 1. The second-order valence-electron chi connectivity index (χ2n) is 8.69. The van der Waals surface area contributed by atoms with Crippen LogP contribution < -0.4 is 0 Å². The van der Waals surface area contributed by atoms with Crippen molar-refractivity contribution in [3.05, 3.63) is 35.9 Å². The quantitative estimate of drug-likeness (QED) is 0.751. The normalized spacial score (nSPS) is 26.2. The molecule has 1 aromatic rings. The van der Waals surface area contributed by atoms with Crippen LogP contribution in [0.5, 0.6) is 0 Å². The number of nitrogens with zero attached hydrogens (tertiary/aromatic N) is 2. The lowest BCUT2D eigenvalue weighted by Crippen LogP contribution is -2.61. The molecule has 0 bridgehead atoms. The molecule has 1 unspecified atom stereocenters. The van der Waals surface area contributed by atoms with E-state index >= 15 is 0 Å². The molecule has 2 aliphatic heterocycles. The Morgan fingerprint density at radius 1 is 1.00 bits per heavy atom. The van der Waals surface area contributed by atoms with Gasteiger partial charge in [-0.3, -0.25) is 9.59 Å². The highest BCUT2D eigenvalue weighted by molar-refractivity contribution is 7.92. The zero-order valence-corrected chi connectivity index (χ0v) is 18.5. The van der Waals surface area contributed by atoms with E-state index < -0.39 is 20.0 Å². The average molecular weight is 421 g/mol. The molecule has 0 aromatic heterocycles. The molecule has 2 saturated heterocycles. The van der Waals surface area contributed by atoms with E-state index in [1.165, 1.54) is 0 Å². The number of benzene rings is 1. The SMILES string of the molecule is CCC1(CC)CN(C(=O)C2(C)CCCN(C(=O)c3ccccc3)C2)CCS1(=O)=O. The first-order valence-electron chi connectivity index (χ1n) is 10.5. The van der Waals surface area contributed by atoms with Gasteiger partial charge in [0, 0.05) is 31.7 Å². The molecular weight excluding hydrogens is 388 g/mol. The molecule has 0 aliphatic carbocycles. The summed E-state index contributed by atoms with van der Waals surface area (Å²) < 4.78 is 24.5. The summed E-state index contributed by atoms with van der Waals surface area (Å²) in [6.07, 6.45) is 2.48. The zero-order chi connectivity index (χ0) is 21.3. The van der Waals surface area contributed by atoms with E-state index in [-0.39, 0.29) is 30.7 Å². The Bertz CT molecular complexity index is 864. The molecule has 0 spiro atoms. The van der Waals surface area contributed by atoms with Crippen molar-refractivity contribution in [1.82, 2.24) is 9.80 Å². The standard InChI is InChI=1S/C22H32N2O4S/c1-4-22(5-2)17-24(14-15-29(22,27)28)20(26)21(3)12-9-13-23(16-21)19(25)18-10-7-6-8-11-18/h6-8,10-11H,4-5,9,12-17H2,1-3H3. The van der Waals surface area contributed by atoms with Crippen molar-refractivity contribution >= 4 is 21.7 Å². The van der Waals surface area contributed by atoms with Gasteiger partial charge in [0.1, 0.15) is 0 Å². The summed E-state index contributed by atoms with van der Waals surface area (Å²) in [5.41, 5.74) is -0.0546. The average Bonchev–Trinajstić information content (AvgIpc) is 2.73. The van der Waals surface area contributed by atoms with E-state index in [1.807, 2.05) is 39.0 Å². The fourth-order valence-electron chi connectivity index (χ4n) is 4.79. The zero-order valence-electron chi connectivity index (χ0n) is 17.7. The van der Waals surface area contributed by atoms with Crippen LogP contribution in [0.15, 0.2) is 30.3 Å². The monoisotopic (exact) mass is 420 g/mol. The van der Waals surface area contributed by atoms with Crippen molar-refractivity contribution in [2.75, 3.05) is 31.9 Å². The number of amides is 2. The van der Waals surface area contributed by atoms with Crippen LogP contribution >= 0.6 is 0 Å². The molecule has 2 aliphatic rings. The van der Waals surface area contributed by atoms with Crippen molar-refractivity contribution in [3.8, 4) is 0 Å². The topological polar surface area (TPSA) is 74.8 Å². The molecule has 0 saturated carbocycles. The maximum Gasteiger partial charge on any atom is 0.253 e. The fourth-order valence-corrected chi connectivity index (χ4v) is 6.92. The van der Waals surface area contributed by atoms with Crippen LogP contribution in [0, 0.1) is 5.41 Å². The van der Waals surface area contributed by atoms with Crippen LogP contribution in [0.2, 0.25) is 0 Å². The summed E-state index contributed by atoms with van der Waals surface area (Å²) in [5, 5.41) is 0. The Morgan fingerprint density at radius 3 is 2.28 bits per heavy atom. The van der Waals surface area contributed by atoms with Gasteiger partial charge in [0.15, 0.2) is 9.84 Å². The lowest BCUT2D eigenvalue weighted by atomic mass is 9.80. The summed E-state index contributed by atoms with van der Waals surface area (Å²) in [5.74, 6) is -0.0605. The number of hydrogen-bond acceptors (Lipinski definition) is 4. The molecule has 160 valence electrons. The van der Waals surface area contributed by atoms with Crippen molar-refractivity contribution in [1.29, 1.82) is 0 Å². The smallest absolute Gasteiger partial charge is 0.253 e. The number of rotatable bonds is 4. The summed E-state index contributed by atoms with van der Waals surface area (Å²) in [4.78, 5) is 29.9. The first-order chi connectivity index (χ1) is 13.7. The number of carbonyl (C=O) groups is 2. The molecular formula is C22H32N2O4S. The molecule has 7 heteroatoms. The van der Waals surface area contributed by atoms with Gasteiger partial charge >= 0.3 is 0 Å². The minimum absolute atomic E-state index is 0.0170. The molecule has 2 heterocycles. The van der Waals surface area contributed by atoms with Crippen LogP contribution in [0.1, 0.15) is 56.8 Å². The molecule has 1 aromatic carbocycles. The molecule has 0 N–H and O–H groups in total. The van der Waals surface area contributed by atoms with Gasteiger partial charge in [0.05, 0.1) is 15.9 Å². The largest absolute Gasteiger partial charge is 0.340 e. The van der Waals surface area contributed by atoms with Crippen molar-refractivity contribution in [3.63, 3.8) is 0 Å². The third-order valence-electron chi connectivity index (χ3n) is 6.87. The van der Waals surface area contributed by atoms with E-state index in [0.717, 1.165) is 6.42 Å². The van der Waals surface area contributed by atoms with Gasteiger partial charge < -0.3 is 9.80 Å². The van der Waals surface area contributed by atoms with Crippen LogP contribution in [-0.2, 0) is 14.6 Å². The van der Waals surface area contributed by atoms with E-state index in [9.17, 15) is 18.0 Å². The Hall–Kier alpha value is -1.89. The molecule has 2 fully saturated rings. The fraction of sp³-hybridized carbons (Fsp3) is 0.636. The Balaban J connectivity index is 1.78. The summed E-state index contributed by atoms with van der Waals surface area (Å²) in [6, 6.07) is 9.14. The number of hydrogen-bond donors (Lipinski definition) is 0. The molecule has 6 nitrogen and oxygen atoms in total. The van der Waals surface area contributed by atoms with Gasteiger partial charge in [-0.2, -0.15) is 0 Å². The first kappa shape index (κ1) is 21.8. The van der Waals surface area contributed by atoms with Gasteiger partial charge in [-0.05, 0) is 44.7 Å². The van der Waals surface area contributed by atoms with E-state index in [2.05, 4.69) is 0 Å². The van der Waals surface area contributed by atoms with Gasteiger partial charge in [-0.15, -0.1) is 0 Å². The lowest BCUT2D eigenvalue weighted by Gasteiger charge is -2.46. The molecule has 1 atom stereocenters. The maximum absolute atomic E-state index is 13.5. The van der Waals surface area contributed by atoms with Crippen molar-refractivity contribution in [2.24, 2.45) is 5.41 Å². The molecule has 2 amide bonds. The lowest BCUT2D eigenvalue weighted by molar-refractivity contribution is -0.144. The van der Waals surface area contributed by atoms with Crippen LogP contribution in [0.25, 0.3) is 0 Å². The highest BCUT2D eigenvalue weighted by Crippen LogP contribution is 2.37. The third-order valence-corrected chi connectivity index (χ3v) is 9.61. The van der Waals surface area contributed by atoms with Crippen molar-refractivity contribution in [2.45, 2.75) is 51.2 Å². The first-order valence-corrected chi connectivity index (χ1v) is 12.2. The van der Waals surface area contributed by atoms with E-state index in [0.29, 0.717) is 37.9 Å². The minimum atomic E-state index is -3.22. The molecule has 29 heavy (non-hydrogen) atoms. The Morgan fingerprint density at radius 2 is 1.66 bits per heavy atom. The number of sulfone groups is 1. The highest BCUT2D eigenvalue weighted by atomic mass is 32.2. The van der Waals surface area contributed by atoms with E-state index in [1.54, 1.807) is 21.9 Å². The second-order valence-corrected chi connectivity index (χ2v) is 11.2.